The number of nitrogens with zero attached hydrogens (tertiary/aromatic N) is 1. The molecule has 0 saturated carbocycles. The molecule has 1 aromatic carbocycles. The van der Waals surface area contributed by atoms with Crippen molar-refractivity contribution in [1.29, 1.82) is 0 Å². The van der Waals surface area contributed by atoms with Gasteiger partial charge in [-0.15, -0.1) is 0 Å². The Labute approximate surface area is 160 Å². The zero-order chi connectivity index (χ0) is 20.4. The maximum Gasteiger partial charge on any atom is 0.408 e. The van der Waals surface area contributed by atoms with E-state index in [0.29, 0.717) is 6.42 Å². The maximum atomic E-state index is 12.4. The summed E-state index contributed by atoms with van der Waals surface area (Å²) < 4.78 is 5.34. The van der Waals surface area contributed by atoms with Crippen LogP contribution >= 0.6 is 0 Å². The van der Waals surface area contributed by atoms with Gasteiger partial charge in [0.1, 0.15) is 5.60 Å². The Morgan fingerprint density at radius 1 is 1.30 bits per heavy atom. The number of carbonyl (C=O) groups excluding carboxylic acids is 1. The number of ether oxygens (including phenoxy) is 1. The average Bonchev–Trinajstić information content (AvgIpc) is 2.53. The van der Waals surface area contributed by atoms with Gasteiger partial charge in [-0.2, -0.15) is 0 Å². The van der Waals surface area contributed by atoms with Crippen LogP contribution in [0.25, 0.3) is 0 Å². The first-order valence-electron chi connectivity index (χ1n) is 9.17. The van der Waals surface area contributed by atoms with Crippen LogP contribution in [0.1, 0.15) is 40.2 Å². The fourth-order valence-electron chi connectivity index (χ4n) is 3.47. The van der Waals surface area contributed by atoms with Crippen molar-refractivity contribution in [3.63, 3.8) is 0 Å². The quantitative estimate of drug-likeness (QED) is 0.751. The number of amides is 2. The van der Waals surface area contributed by atoms with E-state index in [9.17, 15) is 19.8 Å². The lowest BCUT2D eigenvalue weighted by Gasteiger charge is -2.51. The lowest BCUT2D eigenvalue weighted by Crippen LogP contribution is -2.71. The summed E-state index contributed by atoms with van der Waals surface area (Å²) >= 11 is 0. The van der Waals surface area contributed by atoms with Gasteiger partial charge in [-0.1, -0.05) is 37.3 Å². The SMILES string of the molecule is C[C@H]1CN(C(=O)O)C(Cc2ccccc2)[C@@H](NC(=O)OC(C)(C)C)C1(C)O. The third kappa shape index (κ3) is 5.13. The van der Waals surface area contributed by atoms with Crippen molar-refractivity contribution in [3.8, 4) is 0 Å². The third-order valence-electron chi connectivity index (χ3n) is 5.09. The molecule has 1 aliphatic heterocycles. The van der Waals surface area contributed by atoms with Crippen LogP contribution in [0.4, 0.5) is 9.59 Å². The highest BCUT2D eigenvalue weighted by Gasteiger charge is 2.51. The number of piperidine rings is 1. The number of rotatable bonds is 3. The normalized spacial score (nSPS) is 28.5. The summed E-state index contributed by atoms with van der Waals surface area (Å²) in [5.41, 5.74) is -1.06. The van der Waals surface area contributed by atoms with Crippen molar-refractivity contribution < 1.29 is 24.5 Å². The van der Waals surface area contributed by atoms with E-state index in [2.05, 4.69) is 5.32 Å². The first-order valence-corrected chi connectivity index (χ1v) is 9.17. The molecule has 0 aliphatic carbocycles. The molecule has 1 saturated heterocycles. The monoisotopic (exact) mass is 378 g/mol. The van der Waals surface area contributed by atoms with Gasteiger partial charge in [-0.05, 0) is 39.7 Å². The molecule has 4 atom stereocenters. The number of nitrogens with one attached hydrogen (secondary N) is 1. The Morgan fingerprint density at radius 2 is 1.89 bits per heavy atom. The summed E-state index contributed by atoms with van der Waals surface area (Å²) in [6.07, 6.45) is -1.38. The molecule has 0 radical (unpaired) electrons. The van der Waals surface area contributed by atoms with Crippen molar-refractivity contribution in [3.05, 3.63) is 35.9 Å². The zero-order valence-electron chi connectivity index (χ0n) is 16.6. The van der Waals surface area contributed by atoms with Gasteiger partial charge in [-0.3, -0.25) is 0 Å². The molecular weight excluding hydrogens is 348 g/mol. The Morgan fingerprint density at radius 3 is 2.41 bits per heavy atom. The maximum absolute atomic E-state index is 12.4. The zero-order valence-corrected chi connectivity index (χ0v) is 16.6. The van der Waals surface area contributed by atoms with Gasteiger partial charge >= 0.3 is 12.2 Å². The highest BCUT2D eigenvalue weighted by molar-refractivity contribution is 5.70. The molecule has 7 heteroatoms. The van der Waals surface area contributed by atoms with Crippen LogP contribution in [-0.2, 0) is 11.2 Å². The minimum atomic E-state index is -1.29. The van der Waals surface area contributed by atoms with E-state index in [-0.39, 0.29) is 12.5 Å². The van der Waals surface area contributed by atoms with E-state index in [4.69, 9.17) is 4.74 Å². The third-order valence-corrected chi connectivity index (χ3v) is 5.09. The molecule has 2 amide bonds. The molecule has 1 heterocycles. The number of aliphatic hydroxyl groups is 1. The van der Waals surface area contributed by atoms with Crippen LogP contribution < -0.4 is 5.32 Å². The molecule has 0 spiro atoms. The van der Waals surface area contributed by atoms with Crippen molar-refractivity contribution in [2.45, 2.75) is 64.3 Å². The van der Waals surface area contributed by atoms with Gasteiger partial charge in [0, 0.05) is 12.5 Å². The number of alkyl carbamates (subject to hydrolysis) is 1. The second-order valence-corrected chi connectivity index (χ2v) is 8.44. The molecule has 7 nitrogen and oxygen atoms in total. The van der Waals surface area contributed by atoms with Crippen LogP contribution in [0.5, 0.6) is 0 Å². The van der Waals surface area contributed by atoms with E-state index in [1.807, 2.05) is 30.3 Å². The molecular formula is C20H30N2O5. The van der Waals surface area contributed by atoms with Crippen LogP contribution in [0.2, 0.25) is 0 Å². The number of carbonyl (C=O) groups is 2. The molecule has 0 bridgehead atoms. The summed E-state index contributed by atoms with van der Waals surface area (Å²) in [4.78, 5) is 25.6. The van der Waals surface area contributed by atoms with E-state index in [1.54, 1.807) is 34.6 Å². The summed E-state index contributed by atoms with van der Waals surface area (Å²) in [7, 11) is 0. The van der Waals surface area contributed by atoms with Crippen molar-refractivity contribution in [2.24, 2.45) is 5.92 Å². The topological polar surface area (TPSA) is 99.1 Å². The van der Waals surface area contributed by atoms with Crippen LogP contribution in [0.3, 0.4) is 0 Å². The van der Waals surface area contributed by atoms with Gasteiger partial charge in [0.25, 0.3) is 0 Å². The minimum Gasteiger partial charge on any atom is -0.465 e. The molecule has 1 aromatic rings. The summed E-state index contributed by atoms with van der Waals surface area (Å²) in [6.45, 7) is 8.85. The molecule has 3 N–H and O–H groups in total. The number of likely N-dealkylation sites (tertiary alicyclic amines) is 1. The Bertz CT molecular complexity index is 669. The average molecular weight is 378 g/mol. The van der Waals surface area contributed by atoms with E-state index < -0.39 is 35.5 Å². The molecule has 0 aromatic heterocycles. The molecule has 27 heavy (non-hydrogen) atoms. The molecule has 2 unspecified atom stereocenters. The highest BCUT2D eigenvalue weighted by atomic mass is 16.6. The van der Waals surface area contributed by atoms with Crippen molar-refractivity contribution in [2.75, 3.05) is 6.54 Å². The molecule has 1 fully saturated rings. The summed E-state index contributed by atoms with van der Waals surface area (Å²) in [6, 6.07) is 8.00. The van der Waals surface area contributed by atoms with Crippen molar-refractivity contribution >= 4 is 12.2 Å². The van der Waals surface area contributed by atoms with Gasteiger partial charge < -0.3 is 25.2 Å². The van der Waals surface area contributed by atoms with E-state index in [0.717, 1.165) is 5.56 Å². The second kappa shape index (κ2) is 7.76. The Balaban J connectivity index is 2.36. The lowest BCUT2D eigenvalue weighted by atomic mass is 9.74. The van der Waals surface area contributed by atoms with Crippen LogP contribution in [0.15, 0.2) is 30.3 Å². The standard InChI is InChI=1S/C20H30N2O5/c1-13-12-22(18(24)25)15(11-14-9-7-6-8-10-14)16(20(13,5)26)21-17(23)27-19(2,3)4/h6-10,13,15-16,26H,11-12H2,1-5H3,(H,21,23)(H,24,25)/t13-,15?,16+,20?/m0/s1. The first-order chi connectivity index (χ1) is 12.4. The van der Waals surface area contributed by atoms with Crippen LogP contribution in [0, 0.1) is 5.92 Å². The predicted octanol–water partition coefficient (Wildman–Crippen LogP) is 2.87. The van der Waals surface area contributed by atoms with Gasteiger partial charge in [0.15, 0.2) is 0 Å². The predicted molar refractivity (Wildman–Crippen MR) is 102 cm³/mol. The fraction of sp³-hybridized carbons (Fsp3) is 0.600. The second-order valence-electron chi connectivity index (χ2n) is 8.44. The summed E-state index contributed by atoms with van der Waals surface area (Å²) in [5, 5.41) is 23.6. The first kappa shape index (κ1) is 21.0. The highest BCUT2D eigenvalue weighted by Crippen LogP contribution is 2.33. The van der Waals surface area contributed by atoms with Gasteiger partial charge in [0.05, 0.1) is 17.7 Å². The number of hydrogen-bond acceptors (Lipinski definition) is 4. The fourth-order valence-corrected chi connectivity index (χ4v) is 3.47. The van der Waals surface area contributed by atoms with Crippen molar-refractivity contribution in [1.82, 2.24) is 10.2 Å². The number of carboxylic acid groups (broad SMARTS) is 1. The Kier molecular flexibility index (Phi) is 6.04. The van der Waals surface area contributed by atoms with E-state index >= 15 is 0 Å². The van der Waals surface area contributed by atoms with E-state index in [1.165, 1.54) is 4.90 Å². The lowest BCUT2D eigenvalue weighted by molar-refractivity contribution is -0.0953. The Hall–Kier alpha value is -2.28. The van der Waals surface area contributed by atoms with Gasteiger partial charge in [-0.25, -0.2) is 9.59 Å². The number of benzene rings is 1. The smallest absolute Gasteiger partial charge is 0.408 e. The molecule has 2 rings (SSSR count). The summed E-state index contributed by atoms with van der Waals surface area (Å²) in [5.74, 6) is -0.361. The minimum absolute atomic E-state index is 0.187. The largest absolute Gasteiger partial charge is 0.465 e. The number of hydrogen-bond donors (Lipinski definition) is 3. The van der Waals surface area contributed by atoms with Crippen LogP contribution in [-0.4, -0.2) is 57.1 Å². The van der Waals surface area contributed by atoms with Gasteiger partial charge in [0.2, 0.25) is 0 Å². The molecule has 150 valence electrons. The molecule has 1 aliphatic rings.